The summed E-state index contributed by atoms with van der Waals surface area (Å²) in [6.07, 6.45) is -0.785. The van der Waals surface area contributed by atoms with Gasteiger partial charge in [0.05, 0.1) is 11.5 Å². The molecule has 0 aliphatic carbocycles. The number of carboxylic acid groups (broad SMARTS) is 1. The van der Waals surface area contributed by atoms with Gasteiger partial charge in [-0.2, -0.15) is 0 Å². The molecule has 0 aliphatic heterocycles. The van der Waals surface area contributed by atoms with Crippen LogP contribution in [0, 0.1) is 0 Å². The normalized spacial score (nSPS) is 15.2. The molecule has 0 aromatic heterocycles. The molecule has 2 unspecified atom stereocenters. The smallest absolute Gasteiger partial charge is 0.314 e. The molecule has 5 nitrogen and oxygen atoms in total. The summed E-state index contributed by atoms with van der Waals surface area (Å²) in [7, 11) is 1.56. The number of hydrogen-bond donors (Lipinski definition) is 2. The lowest BCUT2D eigenvalue weighted by atomic mass is 9.79. The number of aliphatic hydroxyl groups is 1. The van der Waals surface area contributed by atoms with Crippen LogP contribution in [-0.2, 0) is 15.0 Å². The fourth-order valence-electron chi connectivity index (χ4n) is 2.04. The summed E-state index contributed by atoms with van der Waals surface area (Å²) in [4.78, 5) is 25.1. The molecule has 20 heavy (non-hydrogen) atoms. The van der Waals surface area contributed by atoms with Gasteiger partial charge in [-0.05, 0) is 19.4 Å². The number of aliphatic hydroxyl groups excluding tert-OH is 1. The second kappa shape index (κ2) is 6.52. The maximum Gasteiger partial charge on any atom is 0.314 e. The SMILES string of the molecule is CC(O)CN(C)C(=O)CC(C)(C(=O)O)c1ccccc1. The van der Waals surface area contributed by atoms with Gasteiger partial charge >= 0.3 is 5.97 Å². The zero-order valence-electron chi connectivity index (χ0n) is 12.0. The minimum atomic E-state index is -1.27. The second-order valence-corrected chi connectivity index (χ2v) is 5.30. The number of nitrogens with zero attached hydrogens (tertiary/aromatic N) is 1. The lowest BCUT2D eigenvalue weighted by Crippen LogP contribution is -2.41. The van der Waals surface area contributed by atoms with Crippen LogP contribution in [-0.4, -0.2) is 46.7 Å². The Morgan fingerprint density at radius 2 is 1.85 bits per heavy atom. The molecule has 1 aromatic carbocycles. The Hall–Kier alpha value is -1.88. The van der Waals surface area contributed by atoms with Crippen molar-refractivity contribution in [2.24, 2.45) is 0 Å². The molecule has 0 saturated carbocycles. The highest BCUT2D eigenvalue weighted by Crippen LogP contribution is 2.28. The Labute approximate surface area is 118 Å². The number of carbonyl (C=O) groups excluding carboxylic acids is 1. The Bertz CT molecular complexity index is 472. The van der Waals surface area contributed by atoms with E-state index in [9.17, 15) is 19.8 Å². The van der Waals surface area contributed by atoms with Crippen LogP contribution in [0.1, 0.15) is 25.8 Å². The van der Waals surface area contributed by atoms with Gasteiger partial charge in [-0.25, -0.2) is 0 Å². The monoisotopic (exact) mass is 279 g/mol. The number of carboxylic acids is 1. The first-order valence-electron chi connectivity index (χ1n) is 6.48. The predicted molar refractivity (Wildman–Crippen MR) is 75.4 cm³/mol. The molecular formula is C15H21NO4. The quantitative estimate of drug-likeness (QED) is 0.821. The van der Waals surface area contributed by atoms with E-state index < -0.39 is 17.5 Å². The number of likely N-dealkylation sites (N-methyl/N-ethyl adjacent to an activating group) is 1. The molecule has 5 heteroatoms. The Morgan fingerprint density at radius 1 is 1.30 bits per heavy atom. The average Bonchev–Trinajstić information content (AvgIpc) is 2.38. The van der Waals surface area contributed by atoms with Gasteiger partial charge in [-0.15, -0.1) is 0 Å². The second-order valence-electron chi connectivity index (χ2n) is 5.30. The van der Waals surface area contributed by atoms with Gasteiger partial charge in [-0.3, -0.25) is 9.59 Å². The summed E-state index contributed by atoms with van der Waals surface area (Å²) in [6.45, 7) is 3.31. The van der Waals surface area contributed by atoms with E-state index in [2.05, 4.69) is 0 Å². The van der Waals surface area contributed by atoms with Gasteiger partial charge in [-0.1, -0.05) is 30.3 Å². The highest BCUT2D eigenvalue weighted by Gasteiger charge is 2.38. The van der Waals surface area contributed by atoms with Crippen molar-refractivity contribution < 1.29 is 19.8 Å². The minimum Gasteiger partial charge on any atom is -0.481 e. The van der Waals surface area contributed by atoms with Gasteiger partial charge in [0.2, 0.25) is 5.91 Å². The van der Waals surface area contributed by atoms with Crippen molar-refractivity contribution in [3.63, 3.8) is 0 Å². The van der Waals surface area contributed by atoms with E-state index in [-0.39, 0.29) is 18.9 Å². The molecule has 0 bridgehead atoms. The number of carbonyl (C=O) groups is 2. The molecule has 110 valence electrons. The first kappa shape index (κ1) is 16.2. The van der Waals surface area contributed by atoms with E-state index in [1.54, 1.807) is 51.2 Å². The molecule has 1 aromatic rings. The first-order chi connectivity index (χ1) is 9.27. The van der Waals surface area contributed by atoms with Crippen molar-refractivity contribution in [2.45, 2.75) is 31.8 Å². The van der Waals surface area contributed by atoms with Gasteiger partial charge in [0.15, 0.2) is 0 Å². The number of aliphatic carboxylic acids is 1. The summed E-state index contributed by atoms with van der Waals surface area (Å²) in [5.41, 5.74) is -0.683. The molecule has 0 heterocycles. The molecule has 0 fully saturated rings. The fourth-order valence-corrected chi connectivity index (χ4v) is 2.04. The summed E-state index contributed by atoms with van der Waals surface area (Å²) in [5.74, 6) is -1.35. The summed E-state index contributed by atoms with van der Waals surface area (Å²) in [5, 5.41) is 18.8. The highest BCUT2D eigenvalue weighted by molar-refractivity contribution is 5.89. The van der Waals surface area contributed by atoms with Crippen molar-refractivity contribution in [3.8, 4) is 0 Å². The Morgan fingerprint density at radius 3 is 2.30 bits per heavy atom. The zero-order chi connectivity index (χ0) is 15.3. The number of benzene rings is 1. The van der Waals surface area contributed by atoms with E-state index in [0.717, 1.165) is 0 Å². The van der Waals surface area contributed by atoms with Gasteiger partial charge < -0.3 is 15.1 Å². The average molecular weight is 279 g/mol. The van der Waals surface area contributed by atoms with Crippen LogP contribution in [0.5, 0.6) is 0 Å². The van der Waals surface area contributed by atoms with E-state index in [0.29, 0.717) is 5.56 Å². The third-order valence-corrected chi connectivity index (χ3v) is 3.35. The number of amides is 1. The Kier molecular flexibility index (Phi) is 5.27. The maximum absolute atomic E-state index is 12.1. The predicted octanol–water partition coefficient (Wildman–Crippen LogP) is 1.26. The van der Waals surface area contributed by atoms with E-state index >= 15 is 0 Å². The number of hydrogen-bond acceptors (Lipinski definition) is 3. The number of rotatable bonds is 6. The molecule has 0 spiro atoms. The van der Waals surface area contributed by atoms with Crippen LogP contribution in [0.3, 0.4) is 0 Å². The third kappa shape index (κ3) is 3.81. The van der Waals surface area contributed by atoms with Crippen LogP contribution in [0.2, 0.25) is 0 Å². The molecule has 2 atom stereocenters. The summed E-state index contributed by atoms with van der Waals surface area (Å²) < 4.78 is 0. The third-order valence-electron chi connectivity index (χ3n) is 3.35. The van der Waals surface area contributed by atoms with Crippen molar-refractivity contribution in [3.05, 3.63) is 35.9 Å². The highest BCUT2D eigenvalue weighted by atomic mass is 16.4. The lowest BCUT2D eigenvalue weighted by molar-refractivity contribution is -0.147. The first-order valence-corrected chi connectivity index (χ1v) is 6.48. The minimum absolute atomic E-state index is 0.143. The van der Waals surface area contributed by atoms with E-state index in [1.165, 1.54) is 4.90 Å². The molecule has 2 N–H and O–H groups in total. The van der Waals surface area contributed by atoms with Crippen LogP contribution < -0.4 is 0 Å². The van der Waals surface area contributed by atoms with Crippen molar-refractivity contribution in [1.82, 2.24) is 4.90 Å². The summed E-state index contributed by atoms with van der Waals surface area (Å²) in [6, 6.07) is 8.71. The van der Waals surface area contributed by atoms with E-state index in [4.69, 9.17) is 0 Å². The largest absolute Gasteiger partial charge is 0.481 e. The standard InChI is InChI=1S/C15H21NO4/c1-11(17)10-16(3)13(18)9-15(2,14(19)20)12-7-5-4-6-8-12/h4-8,11,17H,9-10H2,1-3H3,(H,19,20). The van der Waals surface area contributed by atoms with Crippen molar-refractivity contribution in [1.29, 1.82) is 0 Å². The maximum atomic E-state index is 12.1. The van der Waals surface area contributed by atoms with Crippen molar-refractivity contribution in [2.75, 3.05) is 13.6 Å². The van der Waals surface area contributed by atoms with Gasteiger partial charge in [0.1, 0.15) is 0 Å². The van der Waals surface area contributed by atoms with Gasteiger partial charge in [0.25, 0.3) is 0 Å². The molecular weight excluding hydrogens is 258 g/mol. The van der Waals surface area contributed by atoms with Crippen LogP contribution in [0.25, 0.3) is 0 Å². The molecule has 0 radical (unpaired) electrons. The molecule has 0 aliphatic rings. The van der Waals surface area contributed by atoms with Crippen LogP contribution in [0.4, 0.5) is 0 Å². The Balaban J connectivity index is 2.94. The van der Waals surface area contributed by atoms with Crippen molar-refractivity contribution >= 4 is 11.9 Å². The fraction of sp³-hybridized carbons (Fsp3) is 0.467. The van der Waals surface area contributed by atoms with Gasteiger partial charge in [0, 0.05) is 20.0 Å². The zero-order valence-corrected chi connectivity index (χ0v) is 12.0. The van der Waals surface area contributed by atoms with Crippen LogP contribution in [0.15, 0.2) is 30.3 Å². The molecule has 1 amide bonds. The summed E-state index contributed by atoms with van der Waals surface area (Å²) >= 11 is 0. The van der Waals surface area contributed by atoms with E-state index in [1.807, 2.05) is 0 Å². The van der Waals surface area contributed by atoms with Crippen LogP contribution >= 0.6 is 0 Å². The topological polar surface area (TPSA) is 77.8 Å². The molecule has 1 rings (SSSR count). The molecule has 0 saturated heterocycles. The lowest BCUT2D eigenvalue weighted by Gasteiger charge is -2.28.